The fraction of sp³-hybridized carbons (Fsp3) is 0.471. The molecular formula is C17H21F2N3O. The molecule has 0 bridgehead atoms. The van der Waals surface area contributed by atoms with Gasteiger partial charge >= 0.3 is 0 Å². The molecule has 1 saturated heterocycles. The molecule has 0 aliphatic carbocycles. The summed E-state index contributed by atoms with van der Waals surface area (Å²) in [5.41, 5.74) is 3.01. The van der Waals surface area contributed by atoms with Gasteiger partial charge in [-0.25, -0.2) is 8.78 Å². The molecule has 1 aliphatic rings. The SMILES string of the molecule is Cc1ccc2c(CC(=O)NCC3CCNCC3(F)F)c[nH]c2c1. The minimum atomic E-state index is -2.76. The summed E-state index contributed by atoms with van der Waals surface area (Å²) in [6.07, 6.45) is 2.38. The molecule has 23 heavy (non-hydrogen) atoms. The van der Waals surface area contributed by atoms with Crippen LogP contribution in [0.5, 0.6) is 0 Å². The molecule has 3 rings (SSSR count). The molecule has 2 heterocycles. The number of benzene rings is 1. The number of aryl methyl sites for hydroxylation is 1. The Morgan fingerprint density at radius 2 is 2.26 bits per heavy atom. The summed E-state index contributed by atoms with van der Waals surface area (Å²) in [7, 11) is 0. The summed E-state index contributed by atoms with van der Waals surface area (Å²) in [6, 6.07) is 5.99. The number of H-pyrrole nitrogens is 1. The Labute approximate surface area is 133 Å². The minimum absolute atomic E-state index is 0.0228. The van der Waals surface area contributed by atoms with E-state index in [1.165, 1.54) is 0 Å². The average molecular weight is 321 g/mol. The van der Waals surface area contributed by atoms with Crippen LogP contribution in [0.2, 0.25) is 0 Å². The highest BCUT2D eigenvalue weighted by molar-refractivity contribution is 5.89. The maximum absolute atomic E-state index is 13.7. The number of fused-ring (bicyclic) bond motifs is 1. The van der Waals surface area contributed by atoms with E-state index >= 15 is 0 Å². The number of carbonyl (C=O) groups is 1. The summed E-state index contributed by atoms with van der Waals surface area (Å²) in [6.45, 7) is 2.29. The fourth-order valence-corrected chi connectivity index (χ4v) is 3.06. The van der Waals surface area contributed by atoms with Crippen molar-refractivity contribution in [3.05, 3.63) is 35.5 Å². The predicted octanol–water partition coefficient (Wildman–Crippen LogP) is 2.38. The van der Waals surface area contributed by atoms with E-state index in [9.17, 15) is 13.6 Å². The van der Waals surface area contributed by atoms with Crippen LogP contribution in [0.3, 0.4) is 0 Å². The zero-order chi connectivity index (χ0) is 16.4. The van der Waals surface area contributed by atoms with Crippen LogP contribution < -0.4 is 10.6 Å². The van der Waals surface area contributed by atoms with E-state index in [1.807, 2.05) is 31.3 Å². The highest BCUT2D eigenvalue weighted by atomic mass is 19.3. The molecule has 0 saturated carbocycles. The van der Waals surface area contributed by atoms with Gasteiger partial charge in [0.25, 0.3) is 5.92 Å². The van der Waals surface area contributed by atoms with Crippen molar-refractivity contribution in [2.24, 2.45) is 5.92 Å². The lowest BCUT2D eigenvalue weighted by molar-refractivity contribution is -0.122. The molecule has 124 valence electrons. The van der Waals surface area contributed by atoms with Crippen molar-refractivity contribution in [1.82, 2.24) is 15.6 Å². The van der Waals surface area contributed by atoms with Crippen molar-refractivity contribution in [2.75, 3.05) is 19.6 Å². The molecule has 2 aromatic rings. The zero-order valence-electron chi connectivity index (χ0n) is 13.1. The Morgan fingerprint density at radius 3 is 3.04 bits per heavy atom. The first kappa shape index (κ1) is 15.9. The van der Waals surface area contributed by atoms with E-state index in [4.69, 9.17) is 0 Å². The first-order valence-corrected chi connectivity index (χ1v) is 7.87. The number of nitrogens with one attached hydrogen (secondary N) is 3. The fourth-order valence-electron chi connectivity index (χ4n) is 3.06. The van der Waals surface area contributed by atoms with E-state index in [0.29, 0.717) is 13.0 Å². The number of halogens is 2. The van der Waals surface area contributed by atoms with E-state index in [0.717, 1.165) is 22.0 Å². The van der Waals surface area contributed by atoms with E-state index in [-0.39, 0.29) is 25.4 Å². The molecular weight excluding hydrogens is 300 g/mol. The second-order valence-electron chi connectivity index (χ2n) is 6.27. The molecule has 4 nitrogen and oxygen atoms in total. The number of alkyl halides is 2. The molecule has 1 aromatic carbocycles. The highest BCUT2D eigenvalue weighted by Crippen LogP contribution is 2.28. The van der Waals surface area contributed by atoms with Gasteiger partial charge in [0.2, 0.25) is 5.91 Å². The molecule has 1 unspecified atom stereocenters. The average Bonchev–Trinajstić information content (AvgIpc) is 2.88. The van der Waals surface area contributed by atoms with Gasteiger partial charge in [0.05, 0.1) is 13.0 Å². The van der Waals surface area contributed by atoms with Crippen LogP contribution in [0.1, 0.15) is 17.5 Å². The largest absolute Gasteiger partial charge is 0.361 e. The molecule has 1 amide bonds. The number of rotatable bonds is 4. The smallest absolute Gasteiger partial charge is 0.264 e. The van der Waals surface area contributed by atoms with Crippen molar-refractivity contribution < 1.29 is 13.6 Å². The number of aromatic amines is 1. The topological polar surface area (TPSA) is 56.9 Å². The van der Waals surface area contributed by atoms with Crippen LogP contribution in [0.4, 0.5) is 8.78 Å². The van der Waals surface area contributed by atoms with Crippen molar-refractivity contribution in [1.29, 1.82) is 0 Å². The summed E-state index contributed by atoms with van der Waals surface area (Å²) < 4.78 is 27.4. The quantitative estimate of drug-likeness (QED) is 0.810. The molecule has 6 heteroatoms. The second-order valence-corrected chi connectivity index (χ2v) is 6.27. The van der Waals surface area contributed by atoms with Crippen LogP contribution in [-0.2, 0) is 11.2 Å². The van der Waals surface area contributed by atoms with Gasteiger partial charge in [-0.1, -0.05) is 12.1 Å². The molecule has 0 radical (unpaired) electrons. The summed E-state index contributed by atoms with van der Waals surface area (Å²) in [5.74, 6) is -3.77. The number of aromatic nitrogens is 1. The lowest BCUT2D eigenvalue weighted by atomic mass is 9.94. The van der Waals surface area contributed by atoms with Crippen LogP contribution in [-0.4, -0.2) is 36.4 Å². The number of carbonyl (C=O) groups excluding carboxylic acids is 1. The van der Waals surface area contributed by atoms with Gasteiger partial charge in [-0.2, -0.15) is 0 Å². The number of amides is 1. The first-order chi connectivity index (χ1) is 11.0. The third kappa shape index (κ3) is 3.52. The maximum atomic E-state index is 13.7. The van der Waals surface area contributed by atoms with Gasteiger partial charge in [0, 0.05) is 29.6 Å². The number of piperidine rings is 1. The molecule has 0 spiro atoms. The van der Waals surface area contributed by atoms with Gasteiger partial charge in [0.15, 0.2) is 0 Å². The van der Waals surface area contributed by atoms with Crippen LogP contribution in [0, 0.1) is 12.8 Å². The highest BCUT2D eigenvalue weighted by Gasteiger charge is 2.41. The van der Waals surface area contributed by atoms with Gasteiger partial charge in [-0.05, 0) is 37.1 Å². The zero-order valence-corrected chi connectivity index (χ0v) is 13.1. The van der Waals surface area contributed by atoms with Crippen LogP contribution >= 0.6 is 0 Å². The lowest BCUT2D eigenvalue weighted by Gasteiger charge is -2.31. The van der Waals surface area contributed by atoms with Crippen molar-refractivity contribution in [2.45, 2.75) is 25.7 Å². The van der Waals surface area contributed by atoms with E-state index < -0.39 is 11.8 Å². The molecule has 1 fully saturated rings. The molecule has 3 N–H and O–H groups in total. The van der Waals surface area contributed by atoms with E-state index in [1.54, 1.807) is 0 Å². The van der Waals surface area contributed by atoms with Crippen molar-refractivity contribution >= 4 is 16.8 Å². The Hall–Kier alpha value is -1.95. The lowest BCUT2D eigenvalue weighted by Crippen LogP contribution is -2.50. The third-order valence-corrected chi connectivity index (χ3v) is 4.45. The Balaban J connectivity index is 1.60. The normalized spacial score (nSPS) is 20.6. The molecule has 1 atom stereocenters. The molecule has 1 aliphatic heterocycles. The van der Waals surface area contributed by atoms with Crippen LogP contribution in [0.25, 0.3) is 10.9 Å². The monoisotopic (exact) mass is 321 g/mol. The van der Waals surface area contributed by atoms with Crippen molar-refractivity contribution in [3.63, 3.8) is 0 Å². The predicted molar refractivity (Wildman–Crippen MR) is 85.7 cm³/mol. The van der Waals surface area contributed by atoms with Crippen molar-refractivity contribution in [3.8, 4) is 0 Å². The summed E-state index contributed by atoms with van der Waals surface area (Å²) in [5, 5.41) is 6.35. The Morgan fingerprint density at radius 1 is 1.43 bits per heavy atom. The van der Waals surface area contributed by atoms with Crippen LogP contribution in [0.15, 0.2) is 24.4 Å². The third-order valence-electron chi connectivity index (χ3n) is 4.45. The molecule has 1 aromatic heterocycles. The maximum Gasteiger partial charge on any atom is 0.264 e. The summed E-state index contributed by atoms with van der Waals surface area (Å²) >= 11 is 0. The first-order valence-electron chi connectivity index (χ1n) is 7.87. The standard InChI is InChI=1S/C17H21F2N3O/c1-11-2-3-14-12(8-21-15(14)6-11)7-16(23)22-9-13-4-5-20-10-17(13,18)19/h2-3,6,8,13,20-21H,4-5,7,9-10H2,1H3,(H,22,23). The van der Waals surface area contributed by atoms with E-state index in [2.05, 4.69) is 15.6 Å². The Bertz CT molecular complexity index is 711. The van der Waals surface area contributed by atoms with Gasteiger partial charge in [-0.15, -0.1) is 0 Å². The summed E-state index contributed by atoms with van der Waals surface area (Å²) in [4.78, 5) is 15.2. The van der Waals surface area contributed by atoms with Gasteiger partial charge < -0.3 is 15.6 Å². The number of hydrogen-bond acceptors (Lipinski definition) is 2. The number of hydrogen-bond donors (Lipinski definition) is 3. The minimum Gasteiger partial charge on any atom is -0.361 e. The second kappa shape index (κ2) is 6.28. The van der Waals surface area contributed by atoms with Gasteiger partial charge in [-0.3, -0.25) is 4.79 Å². The Kier molecular flexibility index (Phi) is 4.35. The van der Waals surface area contributed by atoms with Gasteiger partial charge in [0.1, 0.15) is 0 Å².